The summed E-state index contributed by atoms with van der Waals surface area (Å²) in [5.41, 5.74) is 3.15. The summed E-state index contributed by atoms with van der Waals surface area (Å²) in [6.45, 7) is 3.76. The summed E-state index contributed by atoms with van der Waals surface area (Å²) in [6, 6.07) is 15.3. The molecular formula is C30H30ClFN4O4. The molecule has 2 aromatic carbocycles. The van der Waals surface area contributed by atoms with E-state index in [1.54, 1.807) is 30.3 Å². The van der Waals surface area contributed by atoms with Crippen molar-refractivity contribution in [1.82, 2.24) is 19.4 Å². The molecule has 2 saturated heterocycles. The Morgan fingerprint density at radius 1 is 1.10 bits per heavy atom. The Labute approximate surface area is 236 Å². The second-order valence-electron chi connectivity index (χ2n) is 10.4. The van der Waals surface area contributed by atoms with Crippen LogP contribution in [-0.4, -0.2) is 62.4 Å². The van der Waals surface area contributed by atoms with E-state index in [1.165, 1.54) is 6.07 Å². The molecule has 208 valence electrons. The number of rotatable bonds is 9. The van der Waals surface area contributed by atoms with E-state index < -0.39 is 5.97 Å². The molecule has 8 nitrogen and oxygen atoms in total. The molecule has 0 radical (unpaired) electrons. The van der Waals surface area contributed by atoms with E-state index in [1.807, 2.05) is 18.2 Å². The zero-order valence-corrected chi connectivity index (χ0v) is 22.7. The summed E-state index contributed by atoms with van der Waals surface area (Å²) < 4.78 is 28.2. The van der Waals surface area contributed by atoms with Crippen molar-refractivity contribution in [2.75, 3.05) is 19.7 Å². The summed E-state index contributed by atoms with van der Waals surface area (Å²) in [5, 5.41) is 9.85. The van der Waals surface area contributed by atoms with E-state index in [4.69, 9.17) is 26.1 Å². The zero-order valence-electron chi connectivity index (χ0n) is 21.9. The lowest BCUT2D eigenvalue weighted by Gasteiger charge is -2.32. The predicted molar refractivity (Wildman–Crippen MR) is 148 cm³/mol. The Kier molecular flexibility index (Phi) is 7.69. The molecule has 0 saturated carbocycles. The standard InChI is InChI=1S/C30H30ClFN4O4/c31-21-6-4-19(25(32)16-21)14-22-2-1-3-29(33-22)40-23-8-11-35(12-9-23)18-28-34-26-7-5-20(30(37)38)15-27(26)36(28)17-24-10-13-39-24/h1-7,15-16,23-24H,8-14,17-18H2,(H,37,38)/t24-/m0/s1. The summed E-state index contributed by atoms with van der Waals surface area (Å²) in [4.78, 5) is 23.4. The summed E-state index contributed by atoms with van der Waals surface area (Å²) in [5.74, 6) is 0.164. The summed E-state index contributed by atoms with van der Waals surface area (Å²) >= 11 is 5.87. The van der Waals surface area contributed by atoms with Gasteiger partial charge in [-0.15, -0.1) is 0 Å². The van der Waals surface area contributed by atoms with Gasteiger partial charge in [0.1, 0.15) is 17.7 Å². The van der Waals surface area contributed by atoms with Gasteiger partial charge in [-0.25, -0.2) is 19.2 Å². The van der Waals surface area contributed by atoms with Gasteiger partial charge in [0, 0.05) is 42.9 Å². The highest BCUT2D eigenvalue weighted by atomic mass is 35.5. The number of fused-ring (bicyclic) bond motifs is 1. The van der Waals surface area contributed by atoms with Gasteiger partial charge in [0.25, 0.3) is 0 Å². The molecule has 2 aliphatic heterocycles. The second kappa shape index (κ2) is 11.5. The van der Waals surface area contributed by atoms with E-state index in [9.17, 15) is 14.3 Å². The topological polar surface area (TPSA) is 89.7 Å². The van der Waals surface area contributed by atoms with Crippen LogP contribution in [0, 0.1) is 5.82 Å². The van der Waals surface area contributed by atoms with Crippen molar-refractivity contribution in [3.05, 3.63) is 88.1 Å². The molecule has 0 bridgehead atoms. The van der Waals surface area contributed by atoms with Gasteiger partial charge in [-0.1, -0.05) is 23.7 Å². The van der Waals surface area contributed by atoms with Gasteiger partial charge >= 0.3 is 5.97 Å². The third kappa shape index (κ3) is 5.96. The Morgan fingerprint density at radius 3 is 2.65 bits per heavy atom. The Balaban J connectivity index is 1.09. The van der Waals surface area contributed by atoms with E-state index in [-0.39, 0.29) is 23.6 Å². The van der Waals surface area contributed by atoms with Crippen LogP contribution < -0.4 is 4.74 Å². The quantitative estimate of drug-likeness (QED) is 0.293. The molecule has 0 aliphatic carbocycles. The lowest BCUT2D eigenvalue weighted by Crippen LogP contribution is -2.39. The first-order valence-corrected chi connectivity index (χ1v) is 13.9. The number of carbonyl (C=O) groups is 1. The second-order valence-corrected chi connectivity index (χ2v) is 10.8. The molecule has 2 fully saturated rings. The number of pyridine rings is 1. The first-order chi connectivity index (χ1) is 19.4. The molecule has 0 unspecified atom stereocenters. The highest BCUT2D eigenvalue weighted by Crippen LogP contribution is 2.25. The third-order valence-electron chi connectivity index (χ3n) is 7.61. The van der Waals surface area contributed by atoms with Crippen LogP contribution in [0.5, 0.6) is 5.88 Å². The number of piperidine rings is 1. The molecule has 2 aromatic heterocycles. The first kappa shape index (κ1) is 26.7. The molecule has 1 atom stereocenters. The molecule has 0 amide bonds. The van der Waals surface area contributed by atoms with Crippen molar-refractivity contribution in [1.29, 1.82) is 0 Å². The number of hydrogen-bond donors (Lipinski definition) is 1. The smallest absolute Gasteiger partial charge is 0.335 e. The van der Waals surface area contributed by atoms with Gasteiger partial charge in [-0.2, -0.15) is 0 Å². The zero-order chi connectivity index (χ0) is 27.6. The van der Waals surface area contributed by atoms with E-state index >= 15 is 0 Å². The predicted octanol–water partition coefficient (Wildman–Crippen LogP) is 5.35. The van der Waals surface area contributed by atoms with Crippen molar-refractivity contribution < 1.29 is 23.8 Å². The van der Waals surface area contributed by atoms with Crippen LogP contribution in [0.3, 0.4) is 0 Å². The molecule has 10 heteroatoms. The Morgan fingerprint density at radius 2 is 1.93 bits per heavy atom. The monoisotopic (exact) mass is 564 g/mol. The number of halogens is 2. The van der Waals surface area contributed by atoms with Gasteiger partial charge in [-0.3, -0.25) is 4.90 Å². The van der Waals surface area contributed by atoms with Crippen LogP contribution in [0.2, 0.25) is 5.02 Å². The third-order valence-corrected chi connectivity index (χ3v) is 7.84. The number of benzene rings is 2. The minimum absolute atomic E-state index is 0.0339. The van der Waals surface area contributed by atoms with Crippen LogP contribution in [-0.2, 0) is 24.2 Å². The fourth-order valence-corrected chi connectivity index (χ4v) is 5.46. The molecule has 4 heterocycles. The number of nitrogens with zero attached hydrogens (tertiary/aromatic N) is 4. The molecule has 1 N–H and O–H groups in total. The van der Waals surface area contributed by atoms with E-state index in [0.29, 0.717) is 36.0 Å². The summed E-state index contributed by atoms with van der Waals surface area (Å²) in [6.07, 6.45) is 3.19. The Hall–Kier alpha value is -3.53. The maximum atomic E-state index is 14.2. The van der Waals surface area contributed by atoms with E-state index in [2.05, 4.69) is 14.5 Å². The SMILES string of the molecule is O=C(O)c1ccc2nc(CN3CCC(Oc4cccc(Cc5ccc(Cl)cc5F)n4)CC3)n(C[C@@H]3CCO3)c2c1. The maximum absolute atomic E-state index is 14.2. The maximum Gasteiger partial charge on any atom is 0.335 e. The lowest BCUT2D eigenvalue weighted by atomic mass is 10.1. The summed E-state index contributed by atoms with van der Waals surface area (Å²) in [7, 11) is 0. The number of carboxylic acid groups (broad SMARTS) is 1. The highest BCUT2D eigenvalue weighted by Gasteiger charge is 2.26. The average molecular weight is 565 g/mol. The van der Waals surface area contributed by atoms with Crippen molar-refractivity contribution >= 4 is 28.6 Å². The number of aromatic nitrogens is 3. The first-order valence-electron chi connectivity index (χ1n) is 13.5. The lowest BCUT2D eigenvalue weighted by molar-refractivity contribution is -0.0592. The average Bonchev–Trinajstić information content (AvgIpc) is 3.25. The Bertz CT molecular complexity index is 1530. The molecular weight excluding hydrogens is 535 g/mol. The van der Waals surface area contributed by atoms with Gasteiger partial charge in [0.15, 0.2) is 0 Å². The van der Waals surface area contributed by atoms with Crippen molar-refractivity contribution in [2.45, 2.75) is 51.0 Å². The van der Waals surface area contributed by atoms with Crippen LogP contribution in [0.15, 0.2) is 54.6 Å². The molecule has 2 aliphatic rings. The van der Waals surface area contributed by atoms with E-state index in [0.717, 1.165) is 61.5 Å². The van der Waals surface area contributed by atoms with Crippen LogP contribution in [0.4, 0.5) is 4.39 Å². The molecule has 4 aromatic rings. The number of imidazole rings is 1. The number of carboxylic acids is 1. The highest BCUT2D eigenvalue weighted by molar-refractivity contribution is 6.30. The van der Waals surface area contributed by atoms with Crippen LogP contribution in [0.25, 0.3) is 11.0 Å². The minimum Gasteiger partial charge on any atom is -0.478 e. The fraction of sp³-hybridized carbons (Fsp3) is 0.367. The number of ether oxygens (including phenoxy) is 2. The van der Waals surface area contributed by atoms with Crippen LogP contribution in [0.1, 0.15) is 46.7 Å². The molecule has 0 spiro atoms. The minimum atomic E-state index is -0.949. The van der Waals surface area contributed by atoms with Gasteiger partial charge < -0.3 is 19.1 Å². The van der Waals surface area contributed by atoms with Gasteiger partial charge in [0.2, 0.25) is 5.88 Å². The van der Waals surface area contributed by atoms with Crippen molar-refractivity contribution in [3.63, 3.8) is 0 Å². The van der Waals surface area contributed by atoms with Crippen molar-refractivity contribution in [3.8, 4) is 5.88 Å². The normalized spacial score (nSPS) is 18.1. The fourth-order valence-electron chi connectivity index (χ4n) is 5.30. The van der Waals surface area contributed by atoms with Crippen LogP contribution >= 0.6 is 11.6 Å². The van der Waals surface area contributed by atoms with Gasteiger partial charge in [0.05, 0.1) is 35.8 Å². The largest absolute Gasteiger partial charge is 0.478 e. The van der Waals surface area contributed by atoms with Crippen molar-refractivity contribution in [2.24, 2.45) is 0 Å². The number of aromatic carboxylic acids is 1. The van der Waals surface area contributed by atoms with Gasteiger partial charge in [-0.05, 0) is 61.2 Å². The number of likely N-dealkylation sites (tertiary alicyclic amines) is 1. The molecule has 6 rings (SSSR count). The number of hydrogen-bond acceptors (Lipinski definition) is 6. The molecule has 40 heavy (non-hydrogen) atoms.